The first kappa shape index (κ1) is 20.5. The molecule has 0 aliphatic carbocycles. The lowest BCUT2D eigenvalue weighted by atomic mass is 10.00. The molecule has 0 spiro atoms. The Bertz CT molecular complexity index is 504. The predicted octanol–water partition coefficient (Wildman–Crippen LogP) is 1.96. The predicted molar refractivity (Wildman–Crippen MR) is 98.0 cm³/mol. The number of amides is 2. The van der Waals surface area contributed by atoms with Gasteiger partial charge in [-0.3, -0.25) is 9.59 Å². The topological polar surface area (TPSA) is 61.4 Å². The standard InChI is InChI=1S/C18H27N3O2.ClH/c1-15(22)21(14-16-6-3-2-4-7-16)11-9-18(23)20-13-17-8-5-10-19-12-17;/h2-4,6-7,17,19H,5,8-14H2,1H3,(H,20,23);1H. The molecular formula is C18H28ClN3O2. The van der Waals surface area contributed by atoms with Crippen LogP contribution in [0.25, 0.3) is 0 Å². The van der Waals surface area contributed by atoms with E-state index in [0.717, 1.165) is 25.2 Å². The smallest absolute Gasteiger partial charge is 0.221 e. The van der Waals surface area contributed by atoms with Crippen LogP contribution in [0.3, 0.4) is 0 Å². The molecule has 2 amide bonds. The molecule has 0 radical (unpaired) electrons. The van der Waals surface area contributed by atoms with Crippen molar-refractivity contribution in [3.05, 3.63) is 35.9 Å². The molecule has 1 aromatic carbocycles. The summed E-state index contributed by atoms with van der Waals surface area (Å²) in [6.07, 6.45) is 2.70. The van der Waals surface area contributed by atoms with Crippen molar-refractivity contribution in [1.82, 2.24) is 15.5 Å². The molecule has 134 valence electrons. The Morgan fingerprint density at radius 1 is 1.29 bits per heavy atom. The van der Waals surface area contributed by atoms with Gasteiger partial charge in [-0.25, -0.2) is 0 Å². The minimum atomic E-state index is -0.00173. The average Bonchev–Trinajstić information content (AvgIpc) is 2.58. The van der Waals surface area contributed by atoms with Gasteiger partial charge in [-0.15, -0.1) is 12.4 Å². The normalized spacial score (nSPS) is 16.8. The fourth-order valence-corrected chi connectivity index (χ4v) is 2.83. The number of hydrogen-bond donors (Lipinski definition) is 2. The lowest BCUT2D eigenvalue weighted by Gasteiger charge is -2.24. The Balaban J connectivity index is 0.00000288. The van der Waals surface area contributed by atoms with Gasteiger partial charge in [0.15, 0.2) is 0 Å². The maximum Gasteiger partial charge on any atom is 0.221 e. The maximum atomic E-state index is 12.0. The van der Waals surface area contributed by atoms with Gasteiger partial charge in [0, 0.05) is 33.0 Å². The van der Waals surface area contributed by atoms with Gasteiger partial charge >= 0.3 is 0 Å². The van der Waals surface area contributed by atoms with Crippen LogP contribution in [-0.4, -0.2) is 42.9 Å². The molecule has 1 fully saturated rings. The highest BCUT2D eigenvalue weighted by molar-refractivity contribution is 5.85. The fraction of sp³-hybridized carbons (Fsp3) is 0.556. The Labute approximate surface area is 150 Å². The SMILES string of the molecule is CC(=O)N(CCC(=O)NCC1CCCNC1)Cc1ccccc1.Cl. The second-order valence-electron chi connectivity index (χ2n) is 6.19. The molecule has 1 unspecified atom stereocenters. The highest BCUT2D eigenvalue weighted by Crippen LogP contribution is 2.09. The van der Waals surface area contributed by atoms with Crippen molar-refractivity contribution in [3.8, 4) is 0 Å². The largest absolute Gasteiger partial charge is 0.356 e. The quantitative estimate of drug-likeness (QED) is 0.787. The van der Waals surface area contributed by atoms with Crippen molar-refractivity contribution >= 4 is 24.2 Å². The van der Waals surface area contributed by atoms with Crippen molar-refractivity contribution in [2.75, 3.05) is 26.2 Å². The molecule has 0 bridgehead atoms. The minimum absolute atomic E-state index is 0. The first-order chi connectivity index (χ1) is 11.1. The molecule has 0 saturated carbocycles. The van der Waals surface area contributed by atoms with Crippen LogP contribution in [-0.2, 0) is 16.1 Å². The molecule has 1 aliphatic rings. The van der Waals surface area contributed by atoms with Crippen molar-refractivity contribution in [3.63, 3.8) is 0 Å². The van der Waals surface area contributed by atoms with Crippen molar-refractivity contribution in [2.24, 2.45) is 5.92 Å². The van der Waals surface area contributed by atoms with Gasteiger partial charge in [-0.1, -0.05) is 30.3 Å². The lowest BCUT2D eigenvalue weighted by molar-refractivity contribution is -0.130. The van der Waals surface area contributed by atoms with Gasteiger partial charge in [0.2, 0.25) is 11.8 Å². The molecule has 1 saturated heterocycles. The summed E-state index contributed by atoms with van der Waals surface area (Å²) in [4.78, 5) is 25.5. The molecule has 1 heterocycles. The Morgan fingerprint density at radius 2 is 2.04 bits per heavy atom. The van der Waals surface area contributed by atoms with Gasteiger partial charge in [-0.05, 0) is 37.4 Å². The second kappa shape index (κ2) is 11.0. The third-order valence-corrected chi connectivity index (χ3v) is 4.26. The zero-order valence-corrected chi connectivity index (χ0v) is 15.1. The molecule has 1 aliphatic heterocycles. The van der Waals surface area contributed by atoms with E-state index in [-0.39, 0.29) is 24.2 Å². The summed E-state index contributed by atoms with van der Waals surface area (Å²) < 4.78 is 0. The number of nitrogens with one attached hydrogen (secondary N) is 2. The third-order valence-electron chi connectivity index (χ3n) is 4.26. The number of halogens is 1. The minimum Gasteiger partial charge on any atom is -0.356 e. The summed E-state index contributed by atoms with van der Waals surface area (Å²) in [6.45, 7) is 5.35. The maximum absolute atomic E-state index is 12.0. The van der Waals surface area contributed by atoms with Crippen LogP contribution >= 0.6 is 12.4 Å². The van der Waals surface area contributed by atoms with Gasteiger partial charge < -0.3 is 15.5 Å². The van der Waals surface area contributed by atoms with Crippen LogP contribution in [0, 0.1) is 5.92 Å². The van der Waals surface area contributed by atoms with Crippen LogP contribution < -0.4 is 10.6 Å². The molecule has 6 heteroatoms. The van der Waals surface area contributed by atoms with E-state index in [9.17, 15) is 9.59 Å². The molecule has 1 atom stereocenters. The highest BCUT2D eigenvalue weighted by Gasteiger charge is 2.15. The number of piperidine rings is 1. The van der Waals surface area contributed by atoms with Gasteiger partial charge in [0.1, 0.15) is 0 Å². The molecule has 2 rings (SSSR count). The zero-order chi connectivity index (χ0) is 16.5. The molecule has 24 heavy (non-hydrogen) atoms. The van der Waals surface area contributed by atoms with Crippen LogP contribution in [0.1, 0.15) is 31.7 Å². The lowest BCUT2D eigenvalue weighted by Crippen LogP contribution is -2.39. The number of carbonyl (C=O) groups excluding carboxylic acids is 2. The molecule has 0 aromatic heterocycles. The highest BCUT2D eigenvalue weighted by atomic mass is 35.5. The van der Waals surface area contributed by atoms with E-state index >= 15 is 0 Å². The summed E-state index contributed by atoms with van der Waals surface area (Å²) in [5.41, 5.74) is 1.08. The fourth-order valence-electron chi connectivity index (χ4n) is 2.83. The number of rotatable bonds is 7. The van der Waals surface area contributed by atoms with Gasteiger partial charge in [0.25, 0.3) is 0 Å². The van der Waals surface area contributed by atoms with Gasteiger partial charge in [0.05, 0.1) is 0 Å². The second-order valence-corrected chi connectivity index (χ2v) is 6.19. The summed E-state index contributed by atoms with van der Waals surface area (Å²) in [5.74, 6) is 0.550. The number of nitrogens with zero attached hydrogens (tertiary/aromatic N) is 1. The monoisotopic (exact) mass is 353 g/mol. The van der Waals surface area contributed by atoms with Crippen LogP contribution in [0.15, 0.2) is 30.3 Å². The van der Waals surface area contributed by atoms with Crippen molar-refractivity contribution in [2.45, 2.75) is 32.7 Å². The van der Waals surface area contributed by atoms with Crippen LogP contribution in [0.2, 0.25) is 0 Å². The summed E-state index contributed by atoms with van der Waals surface area (Å²) in [6, 6.07) is 9.85. The van der Waals surface area contributed by atoms with Crippen LogP contribution in [0.5, 0.6) is 0 Å². The third kappa shape index (κ3) is 7.32. The van der Waals surface area contributed by atoms with E-state index < -0.39 is 0 Å². The Morgan fingerprint density at radius 3 is 2.67 bits per heavy atom. The number of hydrogen-bond acceptors (Lipinski definition) is 3. The molecule has 5 nitrogen and oxygen atoms in total. The van der Waals surface area contributed by atoms with E-state index in [4.69, 9.17) is 0 Å². The van der Waals surface area contributed by atoms with E-state index in [1.807, 2.05) is 30.3 Å². The van der Waals surface area contributed by atoms with E-state index in [2.05, 4.69) is 10.6 Å². The number of carbonyl (C=O) groups is 2. The summed E-state index contributed by atoms with van der Waals surface area (Å²) in [7, 11) is 0. The van der Waals surface area contributed by atoms with Crippen LogP contribution in [0.4, 0.5) is 0 Å². The zero-order valence-electron chi connectivity index (χ0n) is 14.3. The van der Waals surface area contributed by atoms with Gasteiger partial charge in [-0.2, -0.15) is 0 Å². The number of benzene rings is 1. The molecular weight excluding hydrogens is 326 g/mol. The van der Waals surface area contributed by atoms with Crippen molar-refractivity contribution < 1.29 is 9.59 Å². The summed E-state index contributed by atoms with van der Waals surface area (Å²) >= 11 is 0. The first-order valence-corrected chi connectivity index (χ1v) is 8.42. The molecule has 1 aromatic rings. The molecule has 2 N–H and O–H groups in total. The van der Waals surface area contributed by atoms with Crippen molar-refractivity contribution in [1.29, 1.82) is 0 Å². The van der Waals surface area contributed by atoms with E-state index in [1.54, 1.807) is 11.8 Å². The first-order valence-electron chi connectivity index (χ1n) is 8.42. The van der Waals surface area contributed by atoms with E-state index in [0.29, 0.717) is 25.4 Å². The Kier molecular flexibility index (Phi) is 9.42. The Hall–Kier alpha value is -1.59. The van der Waals surface area contributed by atoms with E-state index in [1.165, 1.54) is 12.8 Å². The summed E-state index contributed by atoms with van der Waals surface area (Å²) in [5, 5.41) is 6.34. The average molecular weight is 354 g/mol.